The third-order valence-corrected chi connectivity index (χ3v) is 7.00. The lowest BCUT2D eigenvalue weighted by atomic mass is 10.1. The molecular formula is C26H31ClN2O6S. The van der Waals surface area contributed by atoms with Gasteiger partial charge in [0, 0.05) is 6.42 Å². The number of nitrogens with zero attached hydrogens (tertiary/aromatic N) is 2. The van der Waals surface area contributed by atoms with E-state index in [-0.39, 0.29) is 34.6 Å². The number of halogens is 1. The Morgan fingerprint density at radius 3 is 2.31 bits per heavy atom. The number of aromatic nitrogens is 2. The third-order valence-electron chi connectivity index (χ3n) is 5.23. The summed E-state index contributed by atoms with van der Waals surface area (Å²) in [6.07, 6.45) is 2.02. The molecule has 194 valence electrons. The van der Waals surface area contributed by atoms with Gasteiger partial charge >= 0.3 is 10.1 Å². The van der Waals surface area contributed by atoms with E-state index in [0.29, 0.717) is 13.0 Å². The number of benzene rings is 2. The van der Waals surface area contributed by atoms with Gasteiger partial charge in [-0.15, -0.1) is 0 Å². The first-order valence-electron chi connectivity index (χ1n) is 11.5. The standard InChI is InChI=1S/C26H31ClN2O6S/c1-6-35-36(31,32)23-12-7-18(2)15-21(23)33-14-13-19-8-10-20(11-9-19)17-34-22-16-28-29(26(3,4)5)25(30)24(22)27/h7-12,15-16H,6,13-14,17H2,1-5H3. The van der Waals surface area contributed by atoms with Crippen molar-refractivity contribution in [3.63, 3.8) is 0 Å². The molecule has 2 aromatic carbocycles. The molecule has 0 unspecified atom stereocenters. The summed E-state index contributed by atoms with van der Waals surface area (Å²) in [5, 5.41) is 4.16. The van der Waals surface area contributed by atoms with Crippen LogP contribution in [0.1, 0.15) is 44.4 Å². The topological polar surface area (TPSA) is 96.7 Å². The summed E-state index contributed by atoms with van der Waals surface area (Å²) in [5.74, 6) is 0.503. The quantitative estimate of drug-likeness (QED) is 0.342. The molecule has 0 radical (unpaired) electrons. The lowest BCUT2D eigenvalue weighted by Gasteiger charge is -2.21. The van der Waals surface area contributed by atoms with E-state index in [9.17, 15) is 13.2 Å². The van der Waals surface area contributed by atoms with Crippen LogP contribution in [0.2, 0.25) is 5.02 Å². The minimum atomic E-state index is -3.88. The highest BCUT2D eigenvalue weighted by Gasteiger charge is 2.21. The fourth-order valence-corrected chi connectivity index (χ4v) is 4.61. The second kappa shape index (κ2) is 11.5. The number of hydrogen-bond donors (Lipinski definition) is 0. The molecule has 10 heteroatoms. The number of aryl methyl sites for hydroxylation is 1. The second-order valence-electron chi connectivity index (χ2n) is 9.23. The van der Waals surface area contributed by atoms with Crippen molar-refractivity contribution in [1.29, 1.82) is 0 Å². The summed E-state index contributed by atoms with van der Waals surface area (Å²) in [7, 11) is -3.88. The van der Waals surface area contributed by atoms with Gasteiger partial charge in [-0.1, -0.05) is 41.9 Å². The van der Waals surface area contributed by atoms with Crippen LogP contribution in [0.3, 0.4) is 0 Å². The molecular weight excluding hydrogens is 504 g/mol. The number of rotatable bonds is 10. The maximum absolute atomic E-state index is 12.5. The van der Waals surface area contributed by atoms with Crippen molar-refractivity contribution in [2.45, 2.75) is 58.1 Å². The molecule has 8 nitrogen and oxygen atoms in total. The van der Waals surface area contributed by atoms with Gasteiger partial charge in [0.1, 0.15) is 17.3 Å². The van der Waals surface area contributed by atoms with Crippen LogP contribution in [-0.4, -0.2) is 31.4 Å². The van der Waals surface area contributed by atoms with Crippen LogP contribution in [0.15, 0.2) is 58.4 Å². The van der Waals surface area contributed by atoms with Gasteiger partial charge in [0.05, 0.1) is 24.9 Å². The molecule has 0 fully saturated rings. The third kappa shape index (κ3) is 6.87. The zero-order valence-corrected chi connectivity index (χ0v) is 22.6. The molecule has 0 aliphatic carbocycles. The fourth-order valence-electron chi connectivity index (χ4n) is 3.39. The second-order valence-corrected chi connectivity index (χ2v) is 11.2. The van der Waals surface area contributed by atoms with Crippen molar-refractivity contribution in [3.8, 4) is 11.5 Å². The van der Waals surface area contributed by atoms with Crippen LogP contribution in [-0.2, 0) is 32.9 Å². The average Bonchev–Trinajstić information content (AvgIpc) is 2.80. The van der Waals surface area contributed by atoms with Crippen molar-refractivity contribution in [3.05, 3.63) is 80.7 Å². The Labute approximate surface area is 216 Å². The summed E-state index contributed by atoms with van der Waals surface area (Å²) in [5.41, 5.74) is 1.89. The van der Waals surface area contributed by atoms with Gasteiger partial charge in [0.15, 0.2) is 10.8 Å². The van der Waals surface area contributed by atoms with Gasteiger partial charge in [-0.3, -0.25) is 8.98 Å². The van der Waals surface area contributed by atoms with Crippen molar-refractivity contribution in [2.75, 3.05) is 13.2 Å². The van der Waals surface area contributed by atoms with E-state index in [1.165, 1.54) is 16.9 Å². The number of hydrogen-bond acceptors (Lipinski definition) is 7. The molecule has 0 N–H and O–H groups in total. The van der Waals surface area contributed by atoms with Gasteiger partial charge in [-0.2, -0.15) is 13.5 Å². The molecule has 1 aromatic heterocycles. The Morgan fingerprint density at radius 1 is 1.00 bits per heavy atom. The Morgan fingerprint density at radius 2 is 1.67 bits per heavy atom. The summed E-state index contributed by atoms with van der Waals surface area (Å²) in [6, 6.07) is 12.6. The number of ether oxygens (including phenoxy) is 2. The van der Waals surface area contributed by atoms with E-state index in [0.717, 1.165) is 16.7 Å². The van der Waals surface area contributed by atoms with E-state index in [1.54, 1.807) is 19.1 Å². The van der Waals surface area contributed by atoms with Gasteiger partial charge in [-0.05, 0) is 63.4 Å². The van der Waals surface area contributed by atoms with Gasteiger partial charge in [0.25, 0.3) is 5.56 Å². The largest absolute Gasteiger partial charge is 0.492 e. The Balaban J connectivity index is 1.60. The van der Waals surface area contributed by atoms with Crippen LogP contribution in [0, 0.1) is 6.92 Å². The van der Waals surface area contributed by atoms with E-state index in [1.807, 2.05) is 52.0 Å². The summed E-state index contributed by atoms with van der Waals surface area (Å²) >= 11 is 6.21. The van der Waals surface area contributed by atoms with Crippen LogP contribution in [0.4, 0.5) is 0 Å². The van der Waals surface area contributed by atoms with Gasteiger partial charge in [0.2, 0.25) is 0 Å². The maximum Gasteiger partial charge on any atom is 0.300 e. The predicted octanol–water partition coefficient (Wildman–Crippen LogP) is 4.89. The maximum atomic E-state index is 12.5. The lowest BCUT2D eigenvalue weighted by Crippen LogP contribution is -2.36. The zero-order chi connectivity index (χ0) is 26.5. The minimum Gasteiger partial charge on any atom is -0.492 e. The molecule has 0 amide bonds. The molecule has 0 atom stereocenters. The summed E-state index contributed by atoms with van der Waals surface area (Å²) in [4.78, 5) is 12.5. The molecule has 0 aliphatic rings. The molecule has 0 saturated carbocycles. The predicted molar refractivity (Wildman–Crippen MR) is 138 cm³/mol. The van der Waals surface area contributed by atoms with E-state index >= 15 is 0 Å². The van der Waals surface area contributed by atoms with Crippen LogP contribution in [0.25, 0.3) is 0 Å². The van der Waals surface area contributed by atoms with Crippen LogP contribution >= 0.6 is 11.6 Å². The Hall–Kier alpha value is -2.88. The molecule has 3 rings (SSSR count). The highest BCUT2D eigenvalue weighted by atomic mass is 35.5. The normalized spacial score (nSPS) is 11.9. The van der Waals surface area contributed by atoms with Crippen LogP contribution < -0.4 is 15.0 Å². The van der Waals surface area contributed by atoms with Crippen LogP contribution in [0.5, 0.6) is 11.5 Å². The minimum absolute atomic E-state index is 0.00411. The molecule has 0 aliphatic heterocycles. The highest BCUT2D eigenvalue weighted by molar-refractivity contribution is 7.86. The van der Waals surface area contributed by atoms with E-state index in [4.69, 9.17) is 25.3 Å². The molecule has 0 spiro atoms. The van der Waals surface area contributed by atoms with Gasteiger partial charge < -0.3 is 9.47 Å². The molecule has 3 aromatic rings. The monoisotopic (exact) mass is 534 g/mol. The zero-order valence-electron chi connectivity index (χ0n) is 21.1. The molecule has 0 saturated heterocycles. The summed E-state index contributed by atoms with van der Waals surface area (Å²) < 4.78 is 42.5. The molecule has 1 heterocycles. The first-order chi connectivity index (χ1) is 16.9. The summed E-state index contributed by atoms with van der Waals surface area (Å²) in [6.45, 7) is 9.65. The fraction of sp³-hybridized carbons (Fsp3) is 0.385. The Kier molecular flexibility index (Phi) is 8.81. The van der Waals surface area contributed by atoms with E-state index < -0.39 is 21.2 Å². The van der Waals surface area contributed by atoms with Crippen molar-refractivity contribution in [1.82, 2.24) is 9.78 Å². The average molecular weight is 535 g/mol. The highest BCUT2D eigenvalue weighted by Crippen LogP contribution is 2.27. The van der Waals surface area contributed by atoms with Crippen molar-refractivity contribution >= 4 is 21.7 Å². The smallest absolute Gasteiger partial charge is 0.300 e. The lowest BCUT2D eigenvalue weighted by molar-refractivity contribution is 0.292. The first-order valence-corrected chi connectivity index (χ1v) is 13.3. The molecule has 36 heavy (non-hydrogen) atoms. The Bertz CT molecular complexity index is 1360. The van der Waals surface area contributed by atoms with E-state index in [2.05, 4.69) is 5.10 Å². The SMILES string of the molecule is CCOS(=O)(=O)c1ccc(C)cc1OCCc1ccc(COc2cnn(C(C)(C)C)c(=O)c2Cl)cc1. The van der Waals surface area contributed by atoms with Crippen molar-refractivity contribution < 1.29 is 22.1 Å². The van der Waals surface area contributed by atoms with Crippen molar-refractivity contribution in [2.24, 2.45) is 0 Å². The molecule has 0 bridgehead atoms. The first kappa shape index (κ1) is 27.7. The van der Waals surface area contributed by atoms with Gasteiger partial charge in [-0.25, -0.2) is 4.68 Å².